The number of hydrogen-bond donors (Lipinski definition) is 0. The highest BCUT2D eigenvalue weighted by Gasteiger charge is 2.19. The SMILES string of the molecule is CCCC/C=C\CCCCCCCC(=O)OC[C@@H](COC(=O)CCCCCCC/C=C\C/C=C\CCCCC)OC(=O)CCCCCC/C=C\C/C=C\C/C=C\CCCCC. The minimum absolute atomic E-state index is 0.0941. The van der Waals surface area contributed by atoms with Crippen LogP contribution < -0.4 is 0 Å². The van der Waals surface area contributed by atoms with Crippen LogP contribution >= 0.6 is 0 Å². The van der Waals surface area contributed by atoms with E-state index in [9.17, 15) is 14.4 Å². The molecule has 0 aromatic carbocycles. The zero-order chi connectivity index (χ0) is 44.4. The van der Waals surface area contributed by atoms with E-state index in [1.165, 1.54) is 83.5 Å². The molecule has 6 nitrogen and oxygen atoms in total. The first-order valence-corrected chi connectivity index (χ1v) is 25.4. The maximum absolute atomic E-state index is 12.8. The van der Waals surface area contributed by atoms with E-state index in [-0.39, 0.29) is 31.1 Å². The van der Waals surface area contributed by atoms with Gasteiger partial charge in [-0.2, -0.15) is 0 Å². The van der Waals surface area contributed by atoms with Crippen molar-refractivity contribution in [2.45, 2.75) is 245 Å². The van der Waals surface area contributed by atoms with E-state index in [1.807, 2.05) is 0 Å². The van der Waals surface area contributed by atoms with E-state index in [2.05, 4.69) is 93.7 Å². The first kappa shape index (κ1) is 57.9. The van der Waals surface area contributed by atoms with Crippen LogP contribution in [-0.2, 0) is 28.6 Å². The zero-order valence-electron chi connectivity index (χ0n) is 39.9. The molecule has 0 radical (unpaired) electrons. The maximum atomic E-state index is 12.8. The summed E-state index contributed by atoms with van der Waals surface area (Å²) in [5, 5.41) is 0. The molecule has 6 heteroatoms. The molecule has 0 heterocycles. The van der Waals surface area contributed by atoms with Gasteiger partial charge in [-0.25, -0.2) is 0 Å². The lowest BCUT2D eigenvalue weighted by Crippen LogP contribution is -2.30. The summed E-state index contributed by atoms with van der Waals surface area (Å²) in [6.45, 7) is 6.50. The first-order chi connectivity index (χ1) is 30.0. The van der Waals surface area contributed by atoms with Crippen LogP contribution in [0.15, 0.2) is 72.9 Å². The Bertz CT molecular complexity index is 1160. The normalized spacial score (nSPS) is 12.6. The molecular weight excluding hydrogens is 757 g/mol. The van der Waals surface area contributed by atoms with Gasteiger partial charge in [-0.15, -0.1) is 0 Å². The molecule has 0 aliphatic carbocycles. The van der Waals surface area contributed by atoms with E-state index in [0.29, 0.717) is 19.3 Å². The van der Waals surface area contributed by atoms with Gasteiger partial charge < -0.3 is 14.2 Å². The third-order valence-electron chi connectivity index (χ3n) is 10.7. The van der Waals surface area contributed by atoms with Gasteiger partial charge in [0.2, 0.25) is 0 Å². The molecule has 0 bridgehead atoms. The fourth-order valence-corrected chi connectivity index (χ4v) is 6.75. The van der Waals surface area contributed by atoms with Crippen molar-refractivity contribution in [2.24, 2.45) is 0 Å². The number of esters is 3. The molecule has 0 amide bonds. The lowest BCUT2D eigenvalue weighted by molar-refractivity contribution is -0.167. The Morgan fingerprint density at radius 1 is 0.328 bits per heavy atom. The summed E-state index contributed by atoms with van der Waals surface area (Å²) in [5.74, 6) is -0.940. The van der Waals surface area contributed by atoms with Gasteiger partial charge in [-0.1, -0.05) is 184 Å². The van der Waals surface area contributed by atoms with Crippen LogP contribution in [0.1, 0.15) is 239 Å². The second-order valence-electron chi connectivity index (χ2n) is 16.7. The fraction of sp³-hybridized carbons (Fsp3) is 0.727. The molecular formula is C55H94O6. The summed E-state index contributed by atoms with van der Waals surface area (Å²) < 4.78 is 16.7. The van der Waals surface area contributed by atoms with E-state index in [4.69, 9.17) is 14.2 Å². The molecule has 0 aromatic rings. The summed E-state index contributed by atoms with van der Waals surface area (Å²) in [6.07, 6.45) is 61.6. The van der Waals surface area contributed by atoms with Crippen molar-refractivity contribution in [2.75, 3.05) is 13.2 Å². The molecule has 0 unspecified atom stereocenters. The van der Waals surface area contributed by atoms with Crippen LogP contribution in [0.25, 0.3) is 0 Å². The van der Waals surface area contributed by atoms with Crippen molar-refractivity contribution in [3.8, 4) is 0 Å². The lowest BCUT2D eigenvalue weighted by Gasteiger charge is -2.18. The number of hydrogen-bond acceptors (Lipinski definition) is 6. The lowest BCUT2D eigenvalue weighted by atomic mass is 10.1. The summed E-state index contributed by atoms with van der Waals surface area (Å²) >= 11 is 0. The number of ether oxygens (including phenoxy) is 3. The first-order valence-electron chi connectivity index (χ1n) is 25.4. The summed E-state index contributed by atoms with van der Waals surface area (Å²) in [5.41, 5.74) is 0. The number of carbonyl (C=O) groups excluding carboxylic acids is 3. The van der Waals surface area contributed by atoms with Crippen molar-refractivity contribution in [3.05, 3.63) is 72.9 Å². The Kier molecular flexibility index (Phi) is 46.9. The van der Waals surface area contributed by atoms with Crippen molar-refractivity contribution in [3.63, 3.8) is 0 Å². The number of allylic oxidation sites excluding steroid dienone is 12. The number of carbonyl (C=O) groups is 3. The molecule has 0 spiro atoms. The van der Waals surface area contributed by atoms with Crippen molar-refractivity contribution in [1.82, 2.24) is 0 Å². The predicted octanol–water partition coefficient (Wildman–Crippen LogP) is 16.6. The van der Waals surface area contributed by atoms with Gasteiger partial charge in [0, 0.05) is 19.3 Å². The van der Waals surface area contributed by atoms with E-state index in [0.717, 1.165) is 116 Å². The van der Waals surface area contributed by atoms with Gasteiger partial charge in [0.25, 0.3) is 0 Å². The summed E-state index contributed by atoms with van der Waals surface area (Å²) in [6, 6.07) is 0. The molecule has 0 saturated carbocycles. The topological polar surface area (TPSA) is 78.9 Å². The highest BCUT2D eigenvalue weighted by atomic mass is 16.6. The molecule has 0 aliphatic rings. The van der Waals surface area contributed by atoms with Crippen LogP contribution in [-0.4, -0.2) is 37.2 Å². The molecule has 0 saturated heterocycles. The molecule has 61 heavy (non-hydrogen) atoms. The average molecular weight is 851 g/mol. The van der Waals surface area contributed by atoms with Gasteiger partial charge in [-0.3, -0.25) is 14.4 Å². The Labute approximate surface area is 376 Å². The maximum Gasteiger partial charge on any atom is 0.306 e. The van der Waals surface area contributed by atoms with Gasteiger partial charge in [0.1, 0.15) is 13.2 Å². The molecule has 0 aliphatic heterocycles. The van der Waals surface area contributed by atoms with E-state index in [1.54, 1.807) is 0 Å². The van der Waals surface area contributed by atoms with Crippen LogP contribution in [0.5, 0.6) is 0 Å². The summed E-state index contributed by atoms with van der Waals surface area (Å²) in [4.78, 5) is 37.9. The van der Waals surface area contributed by atoms with Crippen LogP contribution in [0.3, 0.4) is 0 Å². The third kappa shape index (κ3) is 47.7. The van der Waals surface area contributed by atoms with E-state index >= 15 is 0 Å². The highest BCUT2D eigenvalue weighted by Crippen LogP contribution is 2.13. The molecule has 1 atom stereocenters. The third-order valence-corrected chi connectivity index (χ3v) is 10.7. The smallest absolute Gasteiger partial charge is 0.306 e. The standard InChI is InChI=1S/C55H94O6/c1-4-7-10-13-16-19-22-24-26-27-29-31-34-37-40-43-46-49-55(58)61-52(50-59-53(56)47-44-41-38-35-32-21-18-15-12-9-6-3)51-60-54(57)48-45-42-39-36-33-30-28-25-23-20-17-14-11-8-5-2/h15-20,24-26,28-29,31,52H,4-14,21-23,27,30,32-51H2,1-3H3/b18-15-,19-16-,20-17-,26-24-,28-25-,31-29-/t52-/m0/s1. The van der Waals surface area contributed by atoms with Crippen LogP contribution in [0.2, 0.25) is 0 Å². The number of rotatable bonds is 45. The molecule has 0 rings (SSSR count). The van der Waals surface area contributed by atoms with Crippen molar-refractivity contribution < 1.29 is 28.6 Å². The molecule has 0 fully saturated rings. The summed E-state index contributed by atoms with van der Waals surface area (Å²) in [7, 11) is 0. The van der Waals surface area contributed by atoms with Gasteiger partial charge in [-0.05, 0) is 109 Å². The van der Waals surface area contributed by atoms with Crippen LogP contribution in [0, 0.1) is 0 Å². The highest BCUT2D eigenvalue weighted by molar-refractivity contribution is 5.71. The average Bonchev–Trinajstić information content (AvgIpc) is 3.26. The second-order valence-corrected chi connectivity index (χ2v) is 16.7. The monoisotopic (exact) mass is 851 g/mol. The quantitative estimate of drug-likeness (QED) is 0.0263. The fourth-order valence-electron chi connectivity index (χ4n) is 6.75. The zero-order valence-corrected chi connectivity index (χ0v) is 39.9. The Morgan fingerprint density at radius 3 is 0.984 bits per heavy atom. The van der Waals surface area contributed by atoms with Crippen molar-refractivity contribution >= 4 is 17.9 Å². The van der Waals surface area contributed by atoms with Gasteiger partial charge in [0.15, 0.2) is 6.10 Å². The minimum atomic E-state index is -0.795. The minimum Gasteiger partial charge on any atom is -0.462 e. The Morgan fingerprint density at radius 2 is 0.607 bits per heavy atom. The van der Waals surface area contributed by atoms with Crippen molar-refractivity contribution in [1.29, 1.82) is 0 Å². The van der Waals surface area contributed by atoms with Gasteiger partial charge in [0.05, 0.1) is 0 Å². The molecule has 350 valence electrons. The largest absolute Gasteiger partial charge is 0.462 e. The second kappa shape index (κ2) is 49.5. The predicted molar refractivity (Wildman–Crippen MR) is 261 cm³/mol. The Balaban J connectivity index is 4.45. The number of unbranched alkanes of at least 4 members (excludes halogenated alkanes) is 22. The van der Waals surface area contributed by atoms with E-state index < -0.39 is 6.10 Å². The van der Waals surface area contributed by atoms with Gasteiger partial charge >= 0.3 is 17.9 Å². The van der Waals surface area contributed by atoms with Crippen LogP contribution in [0.4, 0.5) is 0 Å². The molecule has 0 aromatic heterocycles. The molecule has 0 N–H and O–H groups in total. The Hall–Kier alpha value is -3.15.